The quantitative estimate of drug-likeness (QED) is 0.200. The molecule has 1 aliphatic rings. The molecule has 0 atom stereocenters. The molecule has 0 fully saturated rings. The van der Waals surface area contributed by atoms with Crippen molar-refractivity contribution in [3.63, 3.8) is 0 Å². The molecule has 4 aromatic rings. The van der Waals surface area contributed by atoms with E-state index >= 15 is 0 Å². The first-order valence-corrected chi connectivity index (χ1v) is 12.0. The number of rotatable bonds is 5. The van der Waals surface area contributed by atoms with Gasteiger partial charge < -0.3 is 20.3 Å². The normalized spacial score (nSPS) is 12.3. The van der Waals surface area contributed by atoms with Crippen LogP contribution in [0.3, 0.4) is 0 Å². The van der Waals surface area contributed by atoms with E-state index in [4.69, 9.17) is 10.5 Å². The van der Waals surface area contributed by atoms with Crippen LogP contribution in [0.2, 0.25) is 0 Å². The summed E-state index contributed by atoms with van der Waals surface area (Å²) in [6, 6.07) is 18.8. The van der Waals surface area contributed by atoms with Crippen LogP contribution in [0, 0.1) is 5.82 Å². The van der Waals surface area contributed by atoms with Gasteiger partial charge in [-0.15, -0.1) is 0 Å². The third-order valence-electron chi connectivity index (χ3n) is 5.65. The summed E-state index contributed by atoms with van der Waals surface area (Å²) in [5.41, 5.74) is 5.45. The molecule has 4 aromatic carbocycles. The van der Waals surface area contributed by atoms with Crippen LogP contribution >= 0.6 is 0 Å². The Morgan fingerprint density at radius 1 is 0.811 bits per heavy atom. The molecular formula is C26H16FN2NaO6S. The maximum absolute atomic E-state index is 13.3. The van der Waals surface area contributed by atoms with Crippen LogP contribution in [-0.4, -0.2) is 24.5 Å². The zero-order chi connectivity index (χ0) is 25.6. The molecule has 0 spiro atoms. The van der Waals surface area contributed by atoms with Gasteiger partial charge in [0.05, 0.1) is 27.4 Å². The molecule has 1 aliphatic carbocycles. The molecule has 3 N–H and O–H groups in total. The number of hydrogen-bond donors (Lipinski definition) is 2. The second kappa shape index (κ2) is 10.1. The van der Waals surface area contributed by atoms with Crippen molar-refractivity contribution in [2.75, 3.05) is 11.1 Å². The van der Waals surface area contributed by atoms with E-state index in [0.717, 1.165) is 6.07 Å². The number of ketones is 2. The molecule has 0 aromatic heterocycles. The summed E-state index contributed by atoms with van der Waals surface area (Å²) in [7, 11) is -5.07. The number of halogens is 1. The molecule has 5 rings (SSSR count). The van der Waals surface area contributed by atoms with Crippen LogP contribution in [0.5, 0.6) is 11.5 Å². The van der Waals surface area contributed by atoms with Crippen molar-refractivity contribution in [1.82, 2.24) is 0 Å². The largest absolute Gasteiger partial charge is 1.00 e. The molecule has 11 heteroatoms. The third kappa shape index (κ3) is 5.02. The van der Waals surface area contributed by atoms with Crippen LogP contribution in [0.25, 0.3) is 0 Å². The van der Waals surface area contributed by atoms with E-state index in [9.17, 15) is 27.0 Å². The van der Waals surface area contributed by atoms with E-state index in [1.807, 2.05) is 0 Å². The van der Waals surface area contributed by atoms with Crippen molar-refractivity contribution in [2.45, 2.75) is 4.90 Å². The van der Waals surface area contributed by atoms with Crippen molar-refractivity contribution in [3.8, 4) is 11.5 Å². The van der Waals surface area contributed by atoms with Crippen molar-refractivity contribution < 1.29 is 61.2 Å². The maximum atomic E-state index is 13.3. The first kappa shape index (κ1) is 26.5. The minimum atomic E-state index is -5.07. The Balaban J connectivity index is 0.00000320. The van der Waals surface area contributed by atoms with Crippen molar-refractivity contribution >= 4 is 38.7 Å². The first-order valence-electron chi connectivity index (χ1n) is 10.5. The summed E-state index contributed by atoms with van der Waals surface area (Å²) in [6.45, 7) is 0. The number of nitrogens with two attached hydrogens (primary N) is 1. The Labute approximate surface area is 233 Å². The molecule has 0 saturated heterocycles. The van der Waals surface area contributed by atoms with Gasteiger partial charge in [0, 0.05) is 16.8 Å². The standard InChI is InChI=1S/C26H17FN2O6S.Na/c27-14-5-9-16(10-6-14)35-17-11-7-15(8-12-17)29-20-13-21(36(32,33)34)24(28)23-22(20)25(30)18-3-1-2-4-19(18)26(23)31;/h1-13,29H,28H2,(H,32,33,34);/q;+1/p-1. The van der Waals surface area contributed by atoms with Crippen LogP contribution < -0.4 is 45.3 Å². The molecule has 37 heavy (non-hydrogen) atoms. The smallest absolute Gasteiger partial charge is 0.744 e. The minimum Gasteiger partial charge on any atom is -0.744 e. The molecular weight excluding hydrogens is 510 g/mol. The average Bonchev–Trinajstić information content (AvgIpc) is 2.85. The molecule has 0 bridgehead atoms. The Bertz CT molecular complexity index is 1660. The number of hydrogen-bond acceptors (Lipinski definition) is 8. The number of carbonyl (C=O) groups excluding carboxylic acids is 2. The van der Waals surface area contributed by atoms with Gasteiger partial charge in [-0.05, 0) is 54.6 Å². The van der Waals surface area contributed by atoms with Gasteiger partial charge in [0.1, 0.15) is 27.4 Å². The maximum Gasteiger partial charge on any atom is 1.00 e. The third-order valence-corrected chi connectivity index (χ3v) is 6.53. The molecule has 0 heterocycles. The molecule has 180 valence electrons. The van der Waals surface area contributed by atoms with E-state index in [1.54, 1.807) is 36.4 Å². The van der Waals surface area contributed by atoms with E-state index in [-0.39, 0.29) is 57.5 Å². The van der Waals surface area contributed by atoms with E-state index in [0.29, 0.717) is 17.2 Å². The van der Waals surface area contributed by atoms with Gasteiger partial charge in [0.15, 0.2) is 11.6 Å². The van der Waals surface area contributed by atoms with Crippen molar-refractivity contribution in [1.29, 1.82) is 0 Å². The SMILES string of the molecule is Nc1c(S(=O)(=O)[O-])cc(Nc2ccc(Oc3ccc(F)cc3)cc2)c2c1C(=O)c1ccccc1C2=O.[Na+]. The summed E-state index contributed by atoms with van der Waals surface area (Å²) in [5, 5.41) is 2.92. The predicted molar refractivity (Wildman–Crippen MR) is 128 cm³/mol. The number of benzene rings is 4. The van der Waals surface area contributed by atoms with Crippen LogP contribution in [0.4, 0.5) is 21.5 Å². The Kier molecular flexibility index (Phi) is 7.22. The van der Waals surface area contributed by atoms with Crippen molar-refractivity contribution in [3.05, 3.63) is 107 Å². The molecule has 0 amide bonds. The Morgan fingerprint density at radius 2 is 1.32 bits per heavy atom. The van der Waals surface area contributed by atoms with E-state index in [2.05, 4.69) is 5.32 Å². The molecule has 0 radical (unpaired) electrons. The summed E-state index contributed by atoms with van der Waals surface area (Å²) >= 11 is 0. The van der Waals surface area contributed by atoms with Crippen LogP contribution in [0.15, 0.2) is 83.8 Å². The van der Waals surface area contributed by atoms with Gasteiger partial charge in [-0.25, -0.2) is 12.8 Å². The minimum absolute atomic E-state index is 0. The number of anilines is 3. The molecule has 8 nitrogen and oxygen atoms in total. The second-order valence-electron chi connectivity index (χ2n) is 7.95. The van der Waals surface area contributed by atoms with Gasteiger partial charge in [-0.2, -0.15) is 0 Å². The number of nitrogens with one attached hydrogen (secondary N) is 1. The fourth-order valence-electron chi connectivity index (χ4n) is 4.00. The van der Waals surface area contributed by atoms with Gasteiger partial charge in [-0.1, -0.05) is 24.3 Å². The molecule has 0 unspecified atom stereocenters. The van der Waals surface area contributed by atoms with Gasteiger partial charge in [-0.3, -0.25) is 9.59 Å². The first-order chi connectivity index (χ1) is 17.1. The number of carbonyl (C=O) groups is 2. The van der Waals surface area contributed by atoms with E-state index < -0.39 is 38.1 Å². The second-order valence-corrected chi connectivity index (χ2v) is 9.30. The summed E-state index contributed by atoms with van der Waals surface area (Å²) < 4.78 is 54.5. The van der Waals surface area contributed by atoms with Gasteiger partial charge in [0.25, 0.3) is 0 Å². The van der Waals surface area contributed by atoms with E-state index in [1.165, 1.54) is 36.4 Å². The fourth-order valence-corrected chi connectivity index (χ4v) is 4.63. The Morgan fingerprint density at radius 3 is 1.86 bits per heavy atom. The number of nitrogen functional groups attached to an aromatic ring is 1. The number of ether oxygens (including phenoxy) is 1. The fraction of sp³-hybridized carbons (Fsp3) is 0. The molecule has 0 aliphatic heterocycles. The van der Waals surface area contributed by atoms with Crippen LogP contribution in [-0.2, 0) is 10.1 Å². The summed E-state index contributed by atoms with van der Waals surface area (Å²) in [6.07, 6.45) is 0. The van der Waals surface area contributed by atoms with Crippen LogP contribution in [0.1, 0.15) is 31.8 Å². The Hall–Kier alpha value is -3.54. The molecule has 0 saturated carbocycles. The average molecular weight is 526 g/mol. The number of fused-ring (bicyclic) bond motifs is 2. The topological polar surface area (TPSA) is 139 Å². The summed E-state index contributed by atoms with van der Waals surface area (Å²) in [4.78, 5) is 25.7. The summed E-state index contributed by atoms with van der Waals surface area (Å²) in [5.74, 6) is -0.758. The van der Waals surface area contributed by atoms with Gasteiger partial charge >= 0.3 is 29.6 Å². The van der Waals surface area contributed by atoms with Gasteiger partial charge in [0.2, 0.25) is 0 Å². The zero-order valence-electron chi connectivity index (χ0n) is 19.3. The zero-order valence-corrected chi connectivity index (χ0v) is 22.1. The van der Waals surface area contributed by atoms with Crippen molar-refractivity contribution in [2.24, 2.45) is 0 Å². The monoisotopic (exact) mass is 526 g/mol. The predicted octanol–water partition coefficient (Wildman–Crippen LogP) is 1.63.